The first-order chi connectivity index (χ1) is 18.7. The van der Waals surface area contributed by atoms with Gasteiger partial charge >= 0.3 is 0 Å². The van der Waals surface area contributed by atoms with Crippen LogP contribution in [0, 0.1) is 19.2 Å². The third-order valence-corrected chi connectivity index (χ3v) is 6.76. The van der Waals surface area contributed by atoms with E-state index < -0.39 is 18.6 Å². The number of hydrogen-bond donors (Lipinski definition) is 0. The zero-order valence-electron chi connectivity index (χ0n) is 25.8. The lowest BCUT2D eigenvalue weighted by atomic mass is 9.86. The molecule has 0 unspecified atom stereocenters. The average molecular weight is 464 g/mol. The number of pyridine rings is 1. The van der Waals surface area contributed by atoms with Gasteiger partial charge in [-0.25, -0.2) is 4.57 Å². The molecule has 0 aliphatic carbocycles. The van der Waals surface area contributed by atoms with Crippen LogP contribution in [0.4, 0.5) is 0 Å². The van der Waals surface area contributed by atoms with Gasteiger partial charge in [0.15, 0.2) is 6.20 Å². The summed E-state index contributed by atoms with van der Waals surface area (Å²) in [6, 6.07) is 22.6. The average Bonchev–Trinajstić information content (AvgIpc) is 3.26. The highest BCUT2D eigenvalue weighted by molar-refractivity contribution is 6.23. The lowest BCUT2D eigenvalue weighted by Gasteiger charge is -2.19. The molecule has 35 heavy (non-hydrogen) atoms. The Kier molecular flexibility index (Phi) is 3.71. The number of fused-ring (bicyclic) bond motifs is 7. The molecule has 2 aromatic heterocycles. The summed E-state index contributed by atoms with van der Waals surface area (Å²) in [5, 5.41) is 6.38. The summed E-state index contributed by atoms with van der Waals surface area (Å²) in [7, 11) is 1.81. The number of aryl methyl sites for hydroxylation is 3. The van der Waals surface area contributed by atoms with Crippen LogP contribution in [0.3, 0.4) is 0 Å². The van der Waals surface area contributed by atoms with Crippen LogP contribution in [0.15, 0.2) is 77.3 Å². The van der Waals surface area contributed by atoms with E-state index in [-0.39, 0.29) is 11.1 Å². The molecular formula is C33H32NO+. The monoisotopic (exact) mass is 463 g/mol. The lowest BCUT2D eigenvalue weighted by Crippen LogP contribution is -2.32. The molecule has 0 saturated heterocycles. The van der Waals surface area contributed by atoms with Gasteiger partial charge in [-0.05, 0) is 58.9 Å². The van der Waals surface area contributed by atoms with Crippen LogP contribution < -0.4 is 4.57 Å². The van der Waals surface area contributed by atoms with Gasteiger partial charge in [-0.1, -0.05) is 75.4 Å². The molecule has 6 rings (SSSR count). The van der Waals surface area contributed by atoms with Crippen molar-refractivity contribution in [3.8, 4) is 11.3 Å². The molecule has 0 fully saturated rings. The molecule has 2 nitrogen and oxygen atoms in total. The van der Waals surface area contributed by atoms with Gasteiger partial charge in [-0.15, -0.1) is 0 Å². The minimum atomic E-state index is -2.47. The molecule has 0 atom stereocenters. The smallest absolute Gasteiger partial charge is 0.216 e. The Morgan fingerprint density at radius 2 is 1.57 bits per heavy atom. The number of rotatable bonds is 2. The molecule has 0 spiro atoms. The lowest BCUT2D eigenvalue weighted by molar-refractivity contribution is -0.660. The maximum absolute atomic E-state index is 9.02. The molecule has 0 saturated carbocycles. The molecule has 174 valence electrons. The fourth-order valence-electron chi connectivity index (χ4n) is 5.21. The van der Waals surface area contributed by atoms with Gasteiger partial charge in [0.2, 0.25) is 5.69 Å². The molecule has 6 aromatic rings. The Morgan fingerprint density at radius 1 is 0.857 bits per heavy atom. The number of hydrogen-bond acceptors (Lipinski definition) is 1. The highest BCUT2D eigenvalue weighted by atomic mass is 16.3. The van der Waals surface area contributed by atoms with E-state index in [1.807, 2.05) is 26.1 Å². The van der Waals surface area contributed by atoms with E-state index in [9.17, 15) is 0 Å². The molecule has 0 bridgehead atoms. The molecule has 0 N–H and O–H groups in total. The van der Waals surface area contributed by atoms with Crippen LogP contribution in [0.2, 0.25) is 0 Å². The molecule has 0 radical (unpaired) electrons. The minimum absolute atomic E-state index is 0.0190. The second-order valence-electron chi connectivity index (χ2n) is 10.5. The fraction of sp³-hybridized carbons (Fsp3) is 0.242. The number of aromatic nitrogens is 1. The van der Waals surface area contributed by atoms with E-state index in [2.05, 4.69) is 48.5 Å². The van der Waals surface area contributed by atoms with Crippen molar-refractivity contribution in [1.29, 1.82) is 0 Å². The number of benzene rings is 4. The van der Waals surface area contributed by atoms with Crippen LogP contribution in [0.1, 0.15) is 44.3 Å². The van der Waals surface area contributed by atoms with E-state index in [0.29, 0.717) is 11.3 Å². The SMILES string of the molecule is [2H]C([2H])([2H])c1c[n+](C)c(-c2c(C)ccc3c2oc2c3ccc3ccc4ccccc4c32)cc1C([2H])([2H])C(C)(C)C. The molecule has 0 aliphatic heterocycles. The van der Waals surface area contributed by atoms with Crippen LogP contribution in [0.25, 0.3) is 54.7 Å². The fourth-order valence-corrected chi connectivity index (χ4v) is 5.21. The van der Waals surface area contributed by atoms with Crippen molar-refractivity contribution in [1.82, 2.24) is 0 Å². The van der Waals surface area contributed by atoms with Crippen molar-refractivity contribution >= 4 is 43.5 Å². The normalized spacial score (nSPS) is 15.3. The second kappa shape index (κ2) is 7.68. The maximum Gasteiger partial charge on any atom is 0.216 e. The van der Waals surface area contributed by atoms with Crippen molar-refractivity contribution in [2.75, 3.05) is 0 Å². The van der Waals surface area contributed by atoms with E-state index in [0.717, 1.165) is 49.0 Å². The van der Waals surface area contributed by atoms with E-state index >= 15 is 0 Å². The molecular weight excluding hydrogens is 426 g/mol. The van der Waals surface area contributed by atoms with Crippen molar-refractivity contribution in [2.24, 2.45) is 12.5 Å². The van der Waals surface area contributed by atoms with Crippen molar-refractivity contribution in [3.05, 3.63) is 89.6 Å². The topological polar surface area (TPSA) is 17.0 Å². The van der Waals surface area contributed by atoms with Crippen molar-refractivity contribution in [3.63, 3.8) is 0 Å². The molecule has 4 aromatic carbocycles. The second-order valence-corrected chi connectivity index (χ2v) is 10.5. The molecule has 0 aliphatic rings. The molecule has 2 heteroatoms. The molecule has 2 heterocycles. The van der Waals surface area contributed by atoms with Gasteiger partial charge in [0.25, 0.3) is 0 Å². The van der Waals surface area contributed by atoms with Crippen LogP contribution in [0.5, 0.6) is 0 Å². The Balaban J connectivity index is 1.73. The summed E-state index contributed by atoms with van der Waals surface area (Å²) < 4.78 is 51.2. The first-order valence-corrected chi connectivity index (χ1v) is 12.0. The van der Waals surface area contributed by atoms with Crippen LogP contribution in [-0.4, -0.2) is 0 Å². The van der Waals surface area contributed by atoms with Crippen LogP contribution in [-0.2, 0) is 13.4 Å². The standard InChI is InChI=1S/C33H32NO/c1-20-11-15-26-27-16-14-23-13-12-22-9-7-8-10-25(22)30(23)32(27)35-31(26)29(20)28-17-24(18-33(3,4)5)21(2)19-34(28)6/h7-17,19H,18H2,1-6H3/q+1/i2D3,18D2. The summed E-state index contributed by atoms with van der Waals surface area (Å²) in [5.74, 6) is 0. The molecule has 0 amide bonds. The summed E-state index contributed by atoms with van der Waals surface area (Å²) in [6.45, 7) is 4.92. The Morgan fingerprint density at radius 3 is 2.37 bits per heavy atom. The minimum Gasteiger partial charge on any atom is -0.454 e. The summed E-state index contributed by atoms with van der Waals surface area (Å²) in [6.07, 6.45) is -0.338. The predicted molar refractivity (Wildman–Crippen MR) is 148 cm³/mol. The summed E-state index contributed by atoms with van der Waals surface area (Å²) in [5.41, 5.74) is 3.37. The Bertz CT molecular complexity index is 1980. The predicted octanol–water partition coefficient (Wildman–Crippen LogP) is 8.59. The zero-order chi connectivity index (χ0) is 28.8. The Hall–Kier alpha value is -3.65. The van der Waals surface area contributed by atoms with Gasteiger partial charge in [-0.3, -0.25) is 0 Å². The van der Waals surface area contributed by atoms with Gasteiger partial charge in [0, 0.05) is 34.6 Å². The van der Waals surface area contributed by atoms with Crippen LogP contribution >= 0.6 is 0 Å². The van der Waals surface area contributed by atoms with Gasteiger partial charge in [0.05, 0.1) is 5.56 Å². The summed E-state index contributed by atoms with van der Waals surface area (Å²) >= 11 is 0. The third kappa shape index (κ3) is 3.51. The highest BCUT2D eigenvalue weighted by Crippen LogP contribution is 2.41. The zero-order valence-corrected chi connectivity index (χ0v) is 20.8. The van der Waals surface area contributed by atoms with Crippen molar-refractivity contribution < 1.29 is 15.8 Å². The van der Waals surface area contributed by atoms with E-state index in [4.69, 9.17) is 11.3 Å². The van der Waals surface area contributed by atoms with Crippen molar-refractivity contribution in [2.45, 2.75) is 40.9 Å². The Labute approximate surface area is 213 Å². The quantitative estimate of drug-likeness (QED) is 0.186. The maximum atomic E-state index is 9.02. The first-order valence-electron chi connectivity index (χ1n) is 14.5. The first kappa shape index (κ1) is 16.9. The third-order valence-electron chi connectivity index (χ3n) is 6.76. The van der Waals surface area contributed by atoms with E-state index in [1.54, 1.807) is 37.6 Å². The van der Waals surface area contributed by atoms with Gasteiger partial charge < -0.3 is 4.42 Å². The number of furan rings is 1. The largest absolute Gasteiger partial charge is 0.454 e. The number of nitrogens with zero attached hydrogens (tertiary/aromatic N) is 1. The van der Waals surface area contributed by atoms with E-state index in [1.165, 1.54) is 0 Å². The van der Waals surface area contributed by atoms with Gasteiger partial charge in [0.1, 0.15) is 18.2 Å². The van der Waals surface area contributed by atoms with Gasteiger partial charge in [-0.2, -0.15) is 0 Å². The summed E-state index contributed by atoms with van der Waals surface area (Å²) in [4.78, 5) is 0. The highest BCUT2D eigenvalue weighted by Gasteiger charge is 2.24.